The zero-order chi connectivity index (χ0) is 42.4. The standard InChI is InChI=1S/2CO.Ag.6F5HOTe.Nb/c2*1-2;;6*1-7(2,3,4,5)6;/h;;;6*6H;/q;;+1;;;;;;;-1. The normalized spacial score (nSPS) is 20.3. The Kier molecular flexibility index (Phi) is 22.3. The van der Waals surface area contributed by atoms with E-state index in [0.717, 1.165) is 0 Å². The largest absolute Gasteiger partial charge is 1.00 e. The number of halogens is 30. The van der Waals surface area contributed by atoms with Crippen LogP contribution in [0.5, 0.6) is 0 Å². The first-order valence-corrected chi connectivity index (χ1v) is 38.8. The molecule has 0 aromatic heterocycles. The Morgan fingerprint density at radius 3 is 0.229 bits per heavy atom. The molecule has 0 amide bonds. The number of hydrogen-bond acceptors (Lipinski definition) is 6. The van der Waals surface area contributed by atoms with Gasteiger partial charge in [0, 0.05) is 0 Å². The molecule has 324 valence electrons. The molecule has 0 aromatic carbocycles. The molecule has 0 radical (unpaired) electrons. The fourth-order valence-corrected chi connectivity index (χ4v) is 0. The molecular formula is C2H6AgF30NbO8Te6. The molecule has 0 bridgehead atoms. The van der Waals surface area contributed by atoms with Crippen LogP contribution in [0, 0.1) is 13.3 Å². The van der Waals surface area contributed by atoms with Crippen LogP contribution >= 0.6 is 0 Å². The van der Waals surface area contributed by atoms with Crippen LogP contribution < -0.4 is 0 Å². The van der Waals surface area contributed by atoms with Gasteiger partial charge in [0.05, 0.1) is 0 Å². The summed E-state index contributed by atoms with van der Waals surface area (Å²) in [7, 11) is 0. The third kappa shape index (κ3) is 10200. The summed E-state index contributed by atoms with van der Waals surface area (Å²) in [5, 5.41) is 0. The van der Waals surface area contributed by atoms with Crippen LogP contribution in [0.15, 0.2) is 0 Å². The van der Waals surface area contributed by atoms with Crippen molar-refractivity contribution in [3.8, 4) is 0 Å². The fourth-order valence-electron chi connectivity index (χ4n) is 0. The van der Waals surface area contributed by atoms with Crippen molar-refractivity contribution in [2.24, 2.45) is 0 Å². The predicted octanol–water partition coefficient (Wildman–Crippen LogP) is 6.90. The van der Waals surface area contributed by atoms with E-state index in [1.807, 2.05) is 0 Å². The summed E-state index contributed by atoms with van der Waals surface area (Å²) in [4.78, 5) is 0. The molecule has 46 heteroatoms. The van der Waals surface area contributed by atoms with Crippen LogP contribution in [0.1, 0.15) is 0 Å². The Balaban J connectivity index is -0.0000000438. The van der Waals surface area contributed by atoms with Gasteiger partial charge in [-0.25, -0.2) is 0 Å². The van der Waals surface area contributed by atoms with Crippen LogP contribution in [0.4, 0.5) is 86.8 Å². The topological polar surface area (TPSA) is 161 Å². The monoisotopic (exact) mass is 1710 g/mol. The number of rotatable bonds is 0. The number of hydrogen-bond donors (Lipinski definition) is 6. The molecule has 0 aliphatic carbocycles. The minimum absolute atomic E-state index is 0. The van der Waals surface area contributed by atoms with Gasteiger partial charge in [0.1, 0.15) is 0 Å². The summed E-state index contributed by atoms with van der Waals surface area (Å²) in [5.74, 6) is 0. The summed E-state index contributed by atoms with van der Waals surface area (Å²) in [6, 6.07) is 0. The molecule has 6 N–H and O–H groups in total. The SMILES string of the molecule is O[Te](F)(F)(F)(F)F.O[Te](F)(F)(F)(F)F.O[Te](F)(F)(F)(F)F.O[Te](F)(F)(F)(F)F.O[Te](F)(F)(F)(F)F.O[Te](F)(F)(F)(F)F.[Ag+].[C-]#[O+].[C-]#[O+].[Nb-]. The van der Waals surface area contributed by atoms with Crippen molar-refractivity contribution in [1.29, 1.82) is 0 Å². The van der Waals surface area contributed by atoms with Crippen LogP contribution in [0.3, 0.4) is 0 Å². The van der Waals surface area contributed by atoms with E-state index < -0.39 is 112 Å². The molecule has 0 heterocycles. The molecule has 0 spiro atoms. The molecule has 0 saturated carbocycles. The molecule has 0 aromatic rings. The molecular weight excluding hydrogens is 1690 g/mol. The van der Waals surface area contributed by atoms with Crippen LogP contribution in [0.25, 0.3) is 0 Å². The second kappa shape index (κ2) is 14.1. The van der Waals surface area contributed by atoms with Gasteiger partial charge in [0.25, 0.3) is 0 Å². The average Bonchev–Trinajstić information content (AvgIpc) is 2.17. The molecule has 0 unspecified atom stereocenters. The first-order valence-electron chi connectivity index (χ1n) is 6.13. The van der Waals surface area contributed by atoms with Crippen molar-refractivity contribution in [2.75, 3.05) is 0 Å². The van der Waals surface area contributed by atoms with Crippen molar-refractivity contribution in [3.05, 3.63) is 13.3 Å². The molecule has 0 aliphatic heterocycles. The average molecular weight is 1690 g/mol. The zero-order valence-electron chi connectivity index (χ0n) is 19.0. The second-order valence-electron chi connectivity index (χ2n) is 5.57. The van der Waals surface area contributed by atoms with Gasteiger partial charge >= 0.3 is 265 Å². The van der Waals surface area contributed by atoms with Gasteiger partial charge in [-0.2, -0.15) is 0 Å². The Bertz CT molecular complexity index is 744. The van der Waals surface area contributed by atoms with Gasteiger partial charge in [-0.05, 0) is 0 Å². The summed E-state index contributed by atoms with van der Waals surface area (Å²) in [6.07, 6.45) is 0. The third-order valence-electron chi connectivity index (χ3n) is 0. The van der Waals surface area contributed by atoms with E-state index in [4.69, 9.17) is 30.1 Å². The maximum Gasteiger partial charge on any atom is -1.00 e. The van der Waals surface area contributed by atoms with Crippen molar-refractivity contribution in [3.63, 3.8) is 0 Å². The molecule has 0 fully saturated rings. The fraction of sp³-hybridized carbons (Fsp3) is 0. The quantitative estimate of drug-likeness (QED) is 0.0670. The molecule has 8 nitrogen and oxygen atoms in total. The Morgan fingerprint density at radius 1 is 0.229 bits per heavy atom. The minimum atomic E-state index is -10.7. The molecule has 0 saturated heterocycles. The van der Waals surface area contributed by atoms with E-state index in [-0.39, 0.29) is 44.8 Å². The summed E-state index contributed by atoms with van der Waals surface area (Å²) in [5.41, 5.74) is 0. The molecule has 48 heavy (non-hydrogen) atoms. The third-order valence-corrected chi connectivity index (χ3v) is 0. The smallest absolute Gasteiger partial charge is 1.00 e. The minimum Gasteiger partial charge on any atom is -1.00 e. The van der Waals surface area contributed by atoms with E-state index in [0.29, 0.717) is 0 Å². The maximum atomic E-state index is 10.1. The Morgan fingerprint density at radius 2 is 0.229 bits per heavy atom. The van der Waals surface area contributed by atoms with Crippen LogP contribution in [-0.4, -0.2) is 133 Å². The van der Waals surface area contributed by atoms with Crippen molar-refractivity contribution < 1.29 is 162 Å². The first kappa shape index (κ1) is 76.1. The molecule has 0 rings (SSSR count). The summed E-state index contributed by atoms with van der Waals surface area (Å²) >= 11 is -64.1. The van der Waals surface area contributed by atoms with E-state index in [1.165, 1.54) is 0 Å². The van der Waals surface area contributed by atoms with Crippen molar-refractivity contribution >= 4 is 112 Å². The molecule has 0 atom stereocenters. The van der Waals surface area contributed by atoms with E-state index in [2.05, 4.69) is 13.3 Å². The van der Waals surface area contributed by atoms with Crippen LogP contribution in [0.2, 0.25) is 0 Å². The van der Waals surface area contributed by atoms with Gasteiger partial charge in [-0.3, -0.25) is 0 Å². The van der Waals surface area contributed by atoms with Gasteiger partial charge in [0.2, 0.25) is 0 Å². The van der Waals surface area contributed by atoms with Crippen molar-refractivity contribution in [1.82, 2.24) is 0 Å². The first-order chi connectivity index (χ1) is 16.7. The van der Waals surface area contributed by atoms with Gasteiger partial charge in [-0.15, -0.1) is 0 Å². The predicted molar refractivity (Wildman–Crippen MR) is 88.9 cm³/mol. The molecule has 0 aliphatic rings. The van der Waals surface area contributed by atoms with Gasteiger partial charge in [-0.1, -0.05) is 0 Å². The van der Waals surface area contributed by atoms with E-state index in [9.17, 15) is 86.8 Å². The van der Waals surface area contributed by atoms with Gasteiger partial charge < -0.3 is 22.4 Å². The van der Waals surface area contributed by atoms with Crippen LogP contribution in [-0.2, 0) is 54.1 Å². The van der Waals surface area contributed by atoms with E-state index >= 15 is 0 Å². The van der Waals surface area contributed by atoms with Crippen molar-refractivity contribution in [2.45, 2.75) is 0 Å². The van der Waals surface area contributed by atoms with E-state index in [1.54, 1.807) is 0 Å². The maximum absolute atomic E-state index is 10.7. The second-order valence-corrected chi connectivity index (χ2v) is 37.4. The zero-order valence-corrected chi connectivity index (χ0v) is 36.7. The summed E-state index contributed by atoms with van der Waals surface area (Å²) < 4.78 is 357. The van der Waals surface area contributed by atoms with Gasteiger partial charge in [0.15, 0.2) is 0 Å². The Labute approximate surface area is 283 Å². The Hall–Kier alpha value is 3.36. The summed E-state index contributed by atoms with van der Waals surface area (Å²) in [6.45, 7) is 9.00.